The molecule has 1 aliphatic rings. The van der Waals surface area contributed by atoms with Gasteiger partial charge in [0, 0.05) is 7.11 Å². The molecule has 2 rings (SSSR count). The predicted octanol–water partition coefficient (Wildman–Crippen LogP) is 0.684. The third-order valence-electron chi connectivity index (χ3n) is 5.54. The van der Waals surface area contributed by atoms with Crippen molar-refractivity contribution in [1.29, 1.82) is 0 Å². The standard InChI is InChI=1S/C26H38O13/c1-5-20(17-6-8-18(28)9-7-17)35-14-22(25(30)38-10-16(2)27)37-15-23(26(31)39-12-19-11-34-19)36-13-21(32-3)24(29)33-4/h6-9,16,19-23,27-28H,5,10-15H2,1-4H3. The Bertz CT molecular complexity index is 884. The van der Waals surface area contributed by atoms with E-state index >= 15 is 0 Å². The van der Waals surface area contributed by atoms with E-state index in [1.165, 1.54) is 33.3 Å². The van der Waals surface area contributed by atoms with Gasteiger partial charge in [0.05, 0.1) is 45.7 Å². The number of epoxide rings is 1. The summed E-state index contributed by atoms with van der Waals surface area (Å²) in [5.74, 6) is -2.22. The lowest BCUT2D eigenvalue weighted by atomic mass is 10.1. The van der Waals surface area contributed by atoms with Gasteiger partial charge < -0.3 is 48.1 Å². The summed E-state index contributed by atoms with van der Waals surface area (Å²) in [6.07, 6.45) is -4.72. The molecule has 13 nitrogen and oxygen atoms in total. The van der Waals surface area contributed by atoms with E-state index in [4.69, 9.17) is 33.2 Å². The summed E-state index contributed by atoms with van der Waals surface area (Å²) in [6, 6.07) is 6.44. The van der Waals surface area contributed by atoms with Crippen LogP contribution >= 0.6 is 0 Å². The molecule has 1 fully saturated rings. The van der Waals surface area contributed by atoms with E-state index in [1.54, 1.807) is 12.1 Å². The average molecular weight is 559 g/mol. The molecule has 0 amide bonds. The molecule has 13 heteroatoms. The highest BCUT2D eigenvalue weighted by atomic mass is 16.6. The van der Waals surface area contributed by atoms with Crippen LogP contribution in [0.1, 0.15) is 31.9 Å². The zero-order valence-electron chi connectivity index (χ0n) is 22.6. The molecule has 0 bridgehead atoms. The number of benzene rings is 1. The van der Waals surface area contributed by atoms with Crippen LogP contribution in [0, 0.1) is 0 Å². The molecule has 1 aliphatic heterocycles. The van der Waals surface area contributed by atoms with Crippen LogP contribution in [0.15, 0.2) is 24.3 Å². The van der Waals surface area contributed by atoms with Gasteiger partial charge in [-0.3, -0.25) is 0 Å². The first kappa shape index (κ1) is 32.4. The Balaban J connectivity index is 2.09. The molecule has 0 saturated carbocycles. The van der Waals surface area contributed by atoms with E-state index in [0.29, 0.717) is 13.0 Å². The van der Waals surface area contributed by atoms with E-state index < -0.39 is 55.0 Å². The highest BCUT2D eigenvalue weighted by Gasteiger charge is 2.32. The molecule has 220 valence electrons. The van der Waals surface area contributed by atoms with Crippen molar-refractivity contribution >= 4 is 17.9 Å². The first-order valence-electron chi connectivity index (χ1n) is 12.6. The van der Waals surface area contributed by atoms with Crippen molar-refractivity contribution in [2.75, 3.05) is 53.9 Å². The van der Waals surface area contributed by atoms with E-state index in [9.17, 15) is 24.6 Å². The molecule has 0 aliphatic carbocycles. The van der Waals surface area contributed by atoms with Crippen molar-refractivity contribution in [3.63, 3.8) is 0 Å². The summed E-state index contributed by atoms with van der Waals surface area (Å²) in [5.41, 5.74) is 0.770. The number of hydrogen-bond donors (Lipinski definition) is 2. The average Bonchev–Trinajstić information content (AvgIpc) is 3.76. The zero-order chi connectivity index (χ0) is 28.8. The fraction of sp³-hybridized carbons (Fsp3) is 0.654. The lowest BCUT2D eigenvalue weighted by Gasteiger charge is -2.24. The SMILES string of the molecule is CCC(OCC(OCC(OCC(OC)C(=O)OC)C(=O)OCC1CO1)C(=O)OCC(C)O)c1ccc(O)cc1. The predicted molar refractivity (Wildman–Crippen MR) is 133 cm³/mol. The van der Waals surface area contributed by atoms with Gasteiger partial charge in [0.1, 0.15) is 25.1 Å². The smallest absolute Gasteiger partial charge is 0.337 e. The van der Waals surface area contributed by atoms with E-state index in [2.05, 4.69) is 4.74 Å². The molecular formula is C26H38O13. The number of aromatic hydroxyl groups is 1. The number of methoxy groups -OCH3 is 2. The third-order valence-corrected chi connectivity index (χ3v) is 5.54. The number of phenolic OH excluding ortho intramolecular Hbond substituents is 1. The van der Waals surface area contributed by atoms with Gasteiger partial charge in [-0.1, -0.05) is 19.1 Å². The minimum atomic E-state index is -1.34. The number of aliphatic hydroxyl groups excluding tert-OH is 1. The van der Waals surface area contributed by atoms with Crippen molar-refractivity contribution in [2.45, 2.75) is 56.9 Å². The van der Waals surface area contributed by atoms with Crippen LogP contribution in [0.25, 0.3) is 0 Å². The number of phenols is 1. The summed E-state index contributed by atoms with van der Waals surface area (Å²) >= 11 is 0. The first-order chi connectivity index (χ1) is 18.7. The van der Waals surface area contributed by atoms with Crippen molar-refractivity contribution in [1.82, 2.24) is 0 Å². The summed E-state index contributed by atoms with van der Waals surface area (Å²) in [4.78, 5) is 37.3. The topological polar surface area (TPSA) is 169 Å². The van der Waals surface area contributed by atoms with Gasteiger partial charge in [0.25, 0.3) is 0 Å². The first-order valence-corrected chi connectivity index (χ1v) is 12.6. The molecule has 1 saturated heterocycles. The van der Waals surface area contributed by atoms with Crippen LogP contribution in [0.2, 0.25) is 0 Å². The largest absolute Gasteiger partial charge is 0.508 e. The number of esters is 3. The number of carbonyl (C=O) groups excluding carboxylic acids is 3. The Morgan fingerprint density at radius 1 is 0.897 bits per heavy atom. The maximum absolute atomic E-state index is 12.7. The monoisotopic (exact) mass is 558 g/mol. The maximum Gasteiger partial charge on any atom is 0.337 e. The second kappa shape index (κ2) is 17.0. The van der Waals surface area contributed by atoms with Crippen molar-refractivity contribution in [2.24, 2.45) is 0 Å². The molecule has 0 radical (unpaired) electrons. The number of aliphatic hydroxyl groups is 1. The van der Waals surface area contributed by atoms with E-state index in [1.807, 2.05) is 6.92 Å². The van der Waals surface area contributed by atoms with Gasteiger partial charge in [-0.05, 0) is 31.0 Å². The van der Waals surface area contributed by atoms with Crippen molar-refractivity contribution in [3.05, 3.63) is 29.8 Å². The second-order valence-corrected chi connectivity index (χ2v) is 8.78. The van der Waals surface area contributed by atoms with Crippen LogP contribution < -0.4 is 0 Å². The maximum atomic E-state index is 12.7. The van der Waals surface area contributed by atoms with Crippen LogP contribution in [0.4, 0.5) is 0 Å². The molecule has 39 heavy (non-hydrogen) atoms. The van der Waals surface area contributed by atoms with Gasteiger partial charge in [-0.15, -0.1) is 0 Å². The quantitative estimate of drug-likeness (QED) is 0.138. The van der Waals surface area contributed by atoms with Gasteiger partial charge in [0.15, 0.2) is 18.3 Å². The Morgan fingerprint density at radius 2 is 1.46 bits per heavy atom. The summed E-state index contributed by atoms with van der Waals surface area (Å²) in [5, 5.41) is 19.1. The highest BCUT2D eigenvalue weighted by Crippen LogP contribution is 2.23. The summed E-state index contributed by atoms with van der Waals surface area (Å²) in [6.45, 7) is 2.50. The molecule has 0 aromatic heterocycles. The fourth-order valence-corrected chi connectivity index (χ4v) is 3.21. The Hall–Kier alpha value is -2.81. The number of hydrogen-bond acceptors (Lipinski definition) is 13. The normalized spacial score (nSPS) is 18.3. The van der Waals surface area contributed by atoms with Gasteiger partial charge >= 0.3 is 17.9 Å². The van der Waals surface area contributed by atoms with Crippen LogP contribution in [0.5, 0.6) is 5.75 Å². The number of rotatable bonds is 19. The highest BCUT2D eigenvalue weighted by molar-refractivity contribution is 5.77. The Morgan fingerprint density at radius 3 is 1.97 bits per heavy atom. The number of carbonyl (C=O) groups is 3. The lowest BCUT2D eigenvalue weighted by Crippen LogP contribution is -2.41. The minimum absolute atomic E-state index is 0.0111. The molecule has 1 heterocycles. The summed E-state index contributed by atoms with van der Waals surface area (Å²) in [7, 11) is 2.47. The van der Waals surface area contributed by atoms with Gasteiger partial charge in [-0.2, -0.15) is 0 Å². The molecule has 1 aromatic carbocycles. The van der Waals surface area contributed by atoms with Gasteiger partial charge in [0.2, 0.25) is 0 Å². The summed E-state index contributed by atoms with van der Waals surface area (Å²) < 4.78 is 42.2. The molecule has 1 aromatic rings. The zero-order valence-corrected chi connectivity index (χ0v) is 22.6. The number of ether oxygens (including phenoxy) is 8. The molecule has 2 N–H and O–H groups in total. The Kier molecular flexibility index (Phi) is 14.1. The van der Waals surface area contributed by atoms with Crippen LogP contribution in [-0.4, -0.2) is 113 Å². The van der Waals surface area contributed by atoms with E-state index in [0.717, 1.165) is 5.56 Å². The van der Waals surface area contributed by atoms with Crippen LogP contribution in [0.3, 0.4) is 0 Å². The molecular weight excluding hydrogens is 520 g/mol. The van der Waals surface area contributed by atoms with Gasteiger partial charge in [-0.25, -0.2) is 14.4 Å². The van der Waals surface area contributed by atoms with Crippen molar-refractivity contribution in [3.8, 4) is 5.75 Å². The molecule has 0 spiro atoms. The minimum Gasteiger partial charge on any atom is -0.508 e. The third kappa shape index (κ3) is 11.9. The molecule has 6 atom stereocenters. The Labute approximate surface area is 227 Å². The van der Waals surface area contributed by atoms with E-state index in [-0.39, 0.29) is 38.3 Å². The molecule has 6 unspecified atom stereocenters. The van der Waals surface area contributed by atoms with Crippen molar-refractivity contribution < 1.29 is 62.5 Å². The fourth-order valence-electron chi connectivity index (χ4n) is 3.21. The second-order valence-electron chi connectivity index (χ2n) is 8.78. The lowest BCUT2D eigenvalue weighted by molar-refractivity contribution is -0.180. The van der Waals surface area contributed by atoms with Crippen LogP contribution in [-0.2, 0) is 52.3 Å².